The molecule has 1 aliphatic carbocycles. The summed E-state index contributed by atoms with van der Waals surface area (Å²) in [7, 11) is 0. The monoisotopic (exact) mass is 316 g/mol. The Morgan fingerprint density at radius 1 is 1.43 bits per heavy atom. The zero-order valence-corrected chi connectivity index (χ0v) is 14.0. The standard InChI is InChI=1S/C19H24O4/c1-12(2)23-17-9-14(10-18(21)22)8-16(11-20)19(17)15-6-4-5-13(3)7-15/h5,8-9,11-12,15H,4,6-7,10H2,1-3H3,(H,21,22). The Balaban J connectivity index is 2.50. The number of hydrogen-bond donors (Lipinski definition) is 1. The van der Waals surface area contributed by atoms with E-state index in [0.29, 0.717) is 16.9 Å². The van der Waals surface area contributed by atoms with Crippen LogP contribution in [0.4, 0.5) is 0 Å². The minimum Gasteiger partial charge on any atom is -0.491 e. The highest BCUT2D eigenvalue weighted by Crippen LogP contribution is 2.40. The average molecular weight is 316 g/mol. The number of aliphatic carboxylic acids is 1. The third kappa shape index (κ3) is 4.44. The number of carboxylic acids is 1. The molecule has 0 spiro atoms. The van der Waals surface area contributed by atoms with Crippen molar-refractivity contribution >= 4 is 12.3 Å². The molecule has 1 aliphatic rings. The van der Waals surface area contributed by atoms with Gasteiger partial charge >= 0.3 is 5.97 Å². The van der Waals surface area contributed by atoms with Crippen LogP contribution in [-0.2, 0) is 11.2 Å². The molecule has 1 aromatic carbocycles. The van der Waals surface area contributed by atoms with Gasteiger partial charge in [0, 0.05) is 11.1 Å². The van der Waals surface area contributed by atoms with Gasteiger partial charge in [0.15, 0.2) is 0 Å². The lowest BCUT2D eigenvalue weighted by Gasteiger charge is -2.26. The maximum absolute atomic E-state index is 11.6. The molecule has 1 atom stereocenters. The van der Waals surface area contributed by atoms with Gasteiger partial charge in [-0.1, -0.05) is 11.6 Å². The Bertz CT molecular complexity index is 629. The van der Waals surface area contributed by atoms with Crippen LogP contribution in [-0.4, -0.2) is 23.5 Å². The van der Waals surface area contributed by atoms with E-state index in [2.05, 4.69) is 13.0 Å². The first-order valence-electron chi connectivity index (χ1n) is 8.06. The second kappa shape index (κ2) is 7.44. The summed E-state index contributed by atoms with van der Waals surface area (Å²) in [6.45, 7) is 5.97. The molecule has 1 unspecified atom stereocenters. The van der Waals surface area contributed by atoms with Crippen LogP contribution < -0.4 is 4.74 Å². The number of carbonyl (C=O) groups excluding carboxylic acids is 1. The van der Waals surface area contributed by atoms with E-state index >= 15 is 0 Å². The van der Waals surface area contributed by atoms with Crippen molar-refractivity contribution in [2.45, 2.75) is 58.5 Å². The van der Waals surface area contributed by atoms with Gasteiger partial charge in [0.05, 0.1) is 12.5 Å². The number of benzene rings is 1. The Morgan fingerprint density at radius 2 is 2.17 bits per heavy atom. The minimum absolute atomic E-state index is 0.0337. The molecule has 4 nitrogen and oxygen atoms in total. The van der Waals surface area contributed by atoms with Gasteiger partial charge < -0.3 is 9.84 Å². The number of carboxylic acid groups (broad SMARTS) is 1. The topological polar surface area (TPSA) is 63.6 Å². The highest BCUT2D eigenvalue weighted by atomic mass is 16.5. The highest BCUT2D eigenvalue weighted by molar-refractivity contribution is 5.81. The van der Waals surface area contributed by atoms with E-state index in [0.717, 1.165) is 31.1 Å². The van der Waals surface area contributed by atoms with E-state index in [-0.39, 0.29) is 18.4 Å². The van der Waals surface area contributed by atoms with Crippen molar-refractivity contribution in [3.05, 3.63) is 40.5 Å². The quantitative estimate of drug-likeness (QED) is 0.633. The molecule has 23 heavy (non-hydrogen) atoms. The lowest BCUT2D eigenvalue weighted by atomic mass is 9.81. The molecule has 0 saturated heterocycles. The number of carbonyl (C=O) groups is 2. The van der Waals surface area contributed by atoms with Crippen molar-refractivity contribution in [2.24, 2.45) is 0 Å². The van der Waals surface area contributed by atoms with Gasteiger partial charge in [-0.3, -0.25) is 9.59 Å². The normalized spacial score (nSPS) is 17.7. The third-order valence-electron chi connectivity index (χ3n) is 4.06. The van der Waals surface area contributed by atoms with E-state index in [9.17, 15) is 9.59 Å². The summed E-state index contributed by atoms with van der Waals surface area (Å²) in [5.41, 5.74) is 3.40. The van der Waals surface area contributed by atoms with Gasteiger partial charge in [-0.15, -0.1) is 0 Å². The van der Waals surface area contributed by atoms with Crippen LogP contribution in [0, 0.1) is 0 Å². The molecule has 0 amide bonds. The molecule has 0 fully saturated rings. The maximum Gasteiger partial charge on any atom is 0.307 e. The zero-order valence-electron chi connectivity index (χ0n) is 14.0. The van der Waals surface area contributed by atoms with Crippen LogP contribution in [0.3, 0.4) is 0 Å². The van der Waals surface area contributed by atoms with Gasteiger partial charge in [-0.2, -0.15) is 0 Å². The molecule has 0 saturated carbocycles. The van der Waals surface area contributed by atoms with Crippen molar-refractivity contribution in [3.63, 3.8) is 0 Å². The predicted molar refractivity (Wildman–Crippen MR) is 89.3 cm³/mol. The van der Waals surface area contributed by atoms with Gasteiger partial charge in [-0.25, -0.2) is 0 Å². The van der Waals surface area contributed by atoms with Crippen molar-refractivity contribution in [1.82, 2.24) is 0 Å². The summed E-state index contributed by atoms with van der Waals surface area (Å²) in [4.78, 5) is 22.6. The second-order valence-corrected chi connectivity index (χ2v) is 6.48. The fourth-order valence-electron chi connectivity index (χ4n) is 3.22. The molecule has 1 N–H and O–H groups in total. The molecule has 0 aliphatic heterocycles. The van der Waals surface area contributed by atoms with E-state index in [1.807, 2.05) is 13.8 Å². The number of hydrogen-bond acceptors (Lipinski definition) is 3. The van der Waals surface area contributed by atoms with Crippen LogP contribution in [0.1, 0.15) is 67.4 Å². The fourth-order valence-corrected chi connectivity index (χ4v) is 3.22. The predicted octanol–water partition coefficient (Wildman–Crippen LogP) is 4.13. The first kappa shape index (κ1) is 17.3. The number of rotatable bonds is 6. The van der Waals surface area contributed by atoms with Gasteiger partial charge in [0.1, 0.15) is 12.0 Å². The van der Waals surface area contributed by atoms with Crippen LogP contribution in [0.15, 0.2) is 23.8 Å². The SMILES string of the molecule is CC1=CCCC(c2c(C=O)cc(CC(=O)O)cc2OC(C)C)C1. The summed E-state index contributed by atoms with van der Waals surface area (Å²) in [5.74, 6) is -0.0186. The Hall–Kier alpha value is -2.10. The summed E-state index contributed by atoms with van der Waals surface area (Å²) < 4.78 is 5.93. The van der Waals surface area contributed by atoms with Crippen LogP contribution in [0.25, 0.3) is 0 Å². The molecule has 0 bridgehead atoms. The zero-order chi connectivity index (χ0) is 17.0. The summed E-state index contributed by atoms with van der Waals surface area (Å²) in [5, 5.41) is 9.02. The smallest absolute Gasteiger partial charge is 0.307 e. The van der Waals surface area contributed by atoms with Crippen molar-refractivity contribution in [2.75, 3.05) is 0 Å². The van der Waals surface area contributed by atoms with Crippen LogP contribution in [0.5, 0.6) is 5.75 Å². The molecule has 0 radical (unpaired) electrons. The number of aldehydes is 1. The lowest BCUT2D eigenvalue weighted by Crippen LogP contribution is -2.14. The molecule has 0 heterocycles. The Kier molecular flexibility index (Phi) is 5.59. The van der Waals surface area contributed by atoms with E-state index in [1.165, 1.54) is 5.57 Å². The molecule has 2 rings (SSSR count). The fraction of sp³-hybridized carbons (Fsp3) is 0.474. The third-order valence-corrected chi connectivity index (χ3v) is 4.06. The Labute approximate surface area is 137 Å². The number of allylic oxidation sites excluding steroid dienone is 2. The summed E-state index contributed by atoms with van der Waals surface area (Å²) in [6, 6.07) is 3.47. The lowest BCUT2D eigenvalue weighted by molar-refractivity contribution is -0.136. The van der Waals surface area contributed by atoms with Crippen molar-refractivity contribution < 1.29 is 19.4 Å². The molecule has 124 valence electrons. The van der Waals surface area contributed by atoms with Crippen molar-refractivity contribution in [3.8, 4) is 5.75 Å². The van der Waals surface area contributed by atoms with Gasteiger partial charge in [0.2, 0.25) is 0 Å². The van der Waals surface area contributed by atoms with Crippen LogP contribution in [0.2, 0.25) is 0 Å². The van der Waals surface area contributed by atoms with E-state index in [4.69, 9.17) is 9.84 Å². The van der Waals surface area contributed by atoms with Gasteiger partial charge in [-0.05, 0) is 63.6 Å². The van der Waals surface area contributed by atoms with Crippen molar-refractivity contribution in [1.29, 1.82) is 0 Å². The minimum atomic E-state index is -0.915. The van der Waals surface area contributed by atoms with Crippen LogP contribution >= 0.6 is 0 Å². The Morgan fingerprint density at radius 3 is 2.74 bits per heavy atom. The summed E-state index contributed by atoms with van der Waals surface area (Å²) in [6.07, 6.45) is 5.79. The molecular weight excluding hydrogens is 292 g/mol. The summed E-state index contributed by atoms with van der Waals surface area (Å²) >= 11 is 0. The molecule has 1 aromatic rings. The largest absolute Gasteiger partial charge is 0.491 e. The second-order valence-electron chi connectivity index (χ2n) is 6.48. The molecule has 0 aromatic heterocycles. The first-order valence-corrected chi connectivity index (χ1v) is 8.06. The van der Waals surface area contributed by atoms with Gasteiger partial charge in [0.25, 0.3) is 0 Å². The average Bonchev–Trinajstić information content (AvgIpc) is 2.45. The van der Waals surface area contributed by atoms with E-state index in [1.54, 1.807) is 12.1 Å². The molecular formula is C19H24O4. The van der Waals surface area contributed by atoms with E-state index < -0.39 is 5.97 Å². The first-order chi connectivity index (χ1) is 10.9. The highest BCUT2D eigenvalue weighted by Gasteiger charge is 2.24. The maximum atomic E-state index is 11.6. The number of ether oxygens (including phenoxy) is 1. The molecule has 4 heteroatoms.